The maximum absolute atomic E-state index is 4.38. The average Bonchev–Trinajstić information content (AvgIpc) is 4.19. The lowest BCUT2D eigenvalue weighted by atomic mass is 9.69. The van der Waals surface area contributed by atoms with E-state index in [-0.39, 0.29) is 0 Å². The summed E-state index contributed by atoms with van der Waals surface area (Å²) in [4.78, 5) is 0. The Morgan fingerprint density at radius 1 is 0.462 bits per heavy atom. The minimum Gasteiger partial charge on any atom is -0.309 e. The average molecular weight is 832 g/mol. The molecule has 3 heteroatoms. The molecule has 10 aromatic rings. The zero-order valence-electron chi connectivity index (χ0n) is 36.5. The van der Waals surface area contributed by atoms with Crippen molar-refractivity contribution < 1.29 is 0 Å². The molecule has 3 nitrogen and oxygen atoms in total. The lowest BCUT2D eigenvalue weighted by molar-refractivity contribution is 0.746. The zero-order chi connectivity index (χ0) is 43.6. The fourth-order valence-corrected chi connectivity index (χ4v) is 12.1. The third-order valence-electron chi connectivity index (χ3n) is 14.5. The standard InChI is InChI=1S/C62H45N3/c1-5-18-47-49-21-10-14-27-59(49)63(56(47)8-4)39-30-33-44-43-24-17-25-52(43)62(53(44)36-39)54-37-40(64-57(19-6-2)42(7-3)48-20-9-13-26-58(48)64)31-34-45(54)46-35-32-41(38-55(46)62)65-60-28-15-11-22-50(60)51-23-12-16-29-61(51)65/h5-24,26-38H,3-4,25H2,1-2H3/b18-5-,19-6-. The van der Waals surface area contributed by atoms with Gasteiger partial charge in [-0.25, -0.2) is 0 Å². The van der Waals surface area contributed by atoms with Crippen molar-refractivity contribution in [2.45, 2.75) is 25.7 Å². The predicted molar refractivity (Wildman–Crippen MR) is 276 cm³/mol. The molecule has 0 aliphatic heterocycles. The van der Waals surface area contributed by atoms with Gasteiger partial charge in [0.25, 0.3) is 0 Å². The Hall–Kier alpha value is -8.14. The summed E-state index contributed by atoms with van der Waals surface area (Å²) in [6.07, 6.45) is 18.4. The SMILES string of the molecule is C=Cc1c(/C=C\C)n(-c2ccc3c(c2)C2(C4=C(C=CC4)c4ccc(-n5c(C=C)c(/C=C\C)c6ccccc65)cc42)c2cc(-n4c5ccccc5c5ccccc54)ccc2-3)c2ccccc12. The molecule has 3 aromatic heterocycles. The van der Waals surface area contributed by atoms with Crippen molar-refractivity contribution >= 4 is 73.5 Å². The summed E-state index contributed by atoms with van der Waals surface area (Å²) in [7, 11) is 0. The van der Waals surface area contributed by atoms with Crippen molar-refractivity contribution in [3.05, 3.63) is 239 Å². The Morgan fingerprint density at radius 2 is 0.923 bits per heavy atom. The third kappa shape index (κ3) is 4.85. The Morgan fingerprint density at radius 3 is 1.46 bits per heavy atom. The molecule has 1 spiro atoms. The van der Waals surface area contributed by atoms with Gasteiger partial charge in [-0.3, -0.25) is 0 Å². The molecular formula is C62H45N3. The second kappa shape index (κ2) is 13.9. The molecule has 13 rings (SSSR count). The summed E-state index contributed by atoms with van der Waals surface area (Å²) in [5, 5.41) is 4.93. The first-order valence-corrected chi connectivity index (χ1v) is 22.7. The quantitative estimate of drug-likeness (QED) is 0.152. The van der Waals surface area contributed by atoms with E-state index in [1.165, 1.54) is 93.7 Å². The van der Waals surface area contributed by atoms with Gasteiger partial charge in [-0.15, -0.1) is 0 Å². The summed E-state index contributed by atoms with van der Waals surface area (Å²) in [6, 6.07) is 56.9. The molecule has 0 saturated heterocycles. The van der Waals surface area contributed by atoms with E-state index in [1.54, 1.807) is 0 Å². The minimum absolute atomic E-state index is 0.575. The van der Waals surface area contributed by atoms with E-state index in [4.69, 9.17) is 0 Å². The van der Waals surface area contributed by atoms with E-state index in [2.05, 4.69) is 229 Å². The van der Waals surface area contributed by atoms with Crippen LogP contribution in [0.5, 0.6) is 0 Å². The normalized spacial score (nSPS) is 16.0. The molecule has 7 aromatic carbocycles. The number of hydrogen-bond donors (Lipinski definition) is 0. The molecule has 0 N–H and O–H groups in total. The first-order chi connectivity index (χ1) is 32.1. The molecule has 1 atom stereocenters. The van der Waals surface area contributed by atoms with Crippen LogP contribution < -0.4 is 0 Å². The van der Waals surface area contributed by atoms with E-state index in [0.29, 0.717) is 0 Å². The Bertz CT molecular complexity index is 3810. The van der Waals surface area contributed by atoms with Crippen LogP contribution >= 0.6 is 0 Å². The van der Waals surface area contributed by atoms with Gasteiger partial charge in [0.2, 0.25) is 0 Å². The Labute approximate surface area is 378 Å². The molecule has 1 unspecified atom stereocenters. The van der Waals surface area contributed by atoms with Gasteiger partial charge < -0.3 is 13.7 Å². The van der Waals surface area contributed by atoms with Crippen molar-refractivity contribution in [3.8, 4) is 28.2 Å². The summed E-state index contributed by atoms with van der Waals surface area (Å²) < 4.78 is 7.32. The van der Waals surface area contributed by atoms with Crippen LogP contribution in [0, 0.1) is 0 Å². The topological polar surface area (TPSA) is 14.8 Å². The summed E-state index contributed by atoms with van der Waals surface area (Å²) >= 11 is 0. The molecule has 0 fully saturated rings. The van der Waals surface area contributed by atoms with Crippen molar-refractivity contribution in [2.24, 2.45) is 0 Å². The lowest BCUT2D eigenvalue weighted by Crippen LogP contribution is -2.28. The second-order valence-corrected chi connectivity index (χ2v) is 17.5. The van der Waals surface area contributed by atoms with Gasteiger partial charge >= 0.3 is 0 Å². The fraction of sp³-hybridized carbons (Fsp3) is 0.0645. The first-order valence-electron chi connectivity index (χ1n) is 22.7. The number of hydrogen-bond acceptors (Lipinski definition) is 0. The van der Waals surface area contributed by atoms with Gasteiger partial charge in [-0.05, 0) is 138 Å². The summed E-state index contributed by atoms with van der Waals surface area (Å²) in [5.74, 6) is 0. The molecule has 3 aliphatic rings. The van der Waals surface area contributed by atoms with Crippen LogP contribution in [0.4, 0.5) is 0 Å². The largest absolute Gasteiger partial charge is 0.309 e. The van der Waals surface area contributed by atoms with Gasteiger partial charge in [-0.2, -0.15) is 0 Å². The van der Waals surface area contributed by atoms with Gasteiger partial charge in [0.1, 0.15) is 0 Å². The van der Waals surface area contributed by atoms with Crippen LogP contribution in [0.25, 0.3) is 102 Å². The fourth-order valence-electron chi connectivity index (χ4n) is 12.1. The van der Waals surface area contributed by atoms with Crippen LogP contribution in [-0.2, 0) is 5.41 Å². The molecule has 65 heavy (non-hydrogen) atoms. The number of fused-ring (bicyclic) bond motifs is 14. The number of allylic oxidation sites excluding steroid dienone is 6. The highest BCUT2D eigenvalue weighted by atomic mass is 15.0. The highest BCUT2D eigenvalue weighted by Gasteiger charge is 2.53. The van der Waals surface area contributed by atoms with Crippen LogP contribution in [0.1, 0.15) is 65.0 Å². The molecule has 0 radical (unpaired) electrons. The molecular weight excluding hydrogens is 787 g/mol. The maximum Gasteiger partial charge on any atom is 0.0693 e. The van der Waals surface area contributed by atoms with E-state index < -0.39 is 5.41 Å². The Balaban J connectivity index is 1.14. The van der Waals surface area contributed by atoms with Crippen LogP contribution in [-0.4, -0.2) is 13.7 Å². The maximum atomic E-state index is 4.38. The van der Waals surface area contributed by atoms with Crippen molar-refractivity contribution in [1.29, 1.82) is 0 Å². The lowest BCUT2D eigenvalue weighted by Gasteiger charge is -2.33. The first kappa shape index (κ1) is 37.4. The Kier molecular flexibility index (Phi) is 8.02. The van der Waals surface area contributed by atoms with Crippen molar-refractivity contribution in [2.75, 3.05) is 0 Å². The summed E-state index contributed by atoms with van der Waals surface area (Å²) in [6.45, 7) is 12.9. The second-order valence-electron chi connectivity index (χ2n) is 17.5. The number of aromatic nitrogens is 3. The number of nitrogens with zero attached hydrogens (tertiary/aromatic N) is 3. The van der Waals surface area contributed by atoms with Crippen LogP contribution in [0.3, 0.4) is 0 Å². The smallest absolute Gasteiger partial charge is 0.0693 e. The van der Waals surface area contributed by atoms with E-state index in [9.17, 15) is 0 Å². The summed E-state index contributed by atoms with van der Waals surface area (Å²) in [5.41, 5.74) is 22.7. The predicted octanol–water partition coefficient (Wildman–Crippen LogP) is 16.1. The monoisotopic (exact) mass is 831 g/mol. The highest BCUT2D eigenvalue weighted by molar-refractivity contribution is 6.09. The minimum atomic E-state index is -0.575. The van der Waals surface area contributed by atoms with Crippen LogP contribution in [0.15, 0.2) is 195 Å². The molecule has 308 valence electrons. The van der Waals surface area contributed by atoms with Crippen molar-refractivity contribution in [3.63, 3.8) is 0 Å². The van der Waals surface area contributed by atoms with Crippen LogP contribution in [0.2, 0.25) is 0 Å². The molecule has 0 saturated carbocycles. The molecule has 0 amide bonds. The number of benzene rings is 7. The van der Waals surface area contributed by atoms with Gasteiger partial charge in [-0.1, -0.05) is 141 Å². The van der Waals surface area contributed by atoms with E-state index in [1.807, 2.05) is 12.2 Å². The van der Waals surface area contributed by atoms with Gasteiger partial charge in [0, 0.05) is 49.7 Å². The molecule has 3 heterocycles. The third-order valence-corrected chi connectivity index (χ3v) is 14.5. The zero-order valence-corrected chi connectivity index (χ0v) is 36.5. The molecule has 3 aliphatic carbocycles. The van der Waals surface area contributed by atoms with E-state index >= 15 is 0 Å². The molecule has 0 bridgehead atoms. The number of para-hydroxylation sites is 4. The van der Waals surface area contributed by atoms with Gasteiger partial charge in [0.05, 0.1) is 38.9 Å². The van der Waals surface area contributed by atoms with Crippen molar-refractivity contribution in [1.82, 2.24) is 13.7 Å². The highest BCUT2D eigenvalue weighted by Crippen LogP contribution is 2.65. The number of rotatable bonds is 7. The van der Waals surface area contributed by atoms with E-state index in [0.717, 1.165) is 40.4 Å². The van der Waals surface area contributed by atoms with Gasteiger partial charge in [0.15, 0.2) is 0 Å².